The second-order valence-electron chi connectivity index (χ2n) is 4.82. The first-order chi connectivity index (χ1) is 5.33. The van der Waals surface area contributed by atoms with E-state index in [1.807, 2.05) is 13.8 Å². The minimum Gasteiger partial charge on any atom is -0.393 e. The quantitative estimate of drug-likeness (QED) is 0.668. The lowest BCUT2D eigenvalue weighted by Crippen LogP contribution is -2.13. The Morgan fingerprint density at radius 2 is 1.47 bits per heavy atom. The molecule has 1 heteroatoms. The van der Waals surface area contributed by atoms with Crippen molar-refractivity contribution in [3.8, 4) is 0 Å². The normalized spacial score (nSPS) is 12.7. The summed E-state index contributed by atoms with van der Waals surface area (Å²) in [5, 5.41) is 9.47. The van der Waals surface area contributed by atoms with Gasteiger partial charge in [0.2, 0.25) is 0 Å². The van der Waals surface area contributed by atoms with Gasteiger partial charge in [0.1, 0.15) is 0 Å². The molecule has 0 aliphatic carbocycles. The Kier molecular flexibility index (Phi) is 16.4. The molecule has 0 unspecified atom stereocenters. The molecular weight excluding hydrogens is 184 g/mol. The highest BCUT2D eigenvalue weighted by atomic mass is 16.3. The van der Waals surface area contributed by atoms with Crippen molar-refractivity contribution in [1.82, 2.24) is 0 Å². The molecule has 0 aromatic rings. The third-order valence-electron chi connectivity index (χ3n) is 1.76. The second-order valence-corrected chi connectivity index (χ2v) is 4.82. The van der Waals surface area contributed by atoms with Crippen molar-refractivity contribution in [3.63, 3.8) is 0 Å². The van der Waals surface area contributed by atoms with E-state index >= 15 is 0 Å². The molecule has 0 heterocycles. The highest BCUT2D eigenvalue weighted by molar-refractivity contribution is 4.93. The van der Waals surface area contributed by atoms with Gasteiger partial charge in [0, 0.05) is 0 Å². The Labute approximate surface area is 98.6 Å². The van der Waals surface area contributed by atoms with Gasteiger partial charge >= 0.3 is 0 Å². The van der Waals surface area contributed by atoms with Crippen molar-refractivity contribution in [2.75, 3.05) is 0 Å². The minimum absolute atomic E-state index is 0. The van der Waals surface area contributed by atoms with E-state index in [4.69, 9.17) is 0 Å². The first-order valence-corrected chi connectivity index (χ1v) is 4.68. The Morgan fingerprint density at radius 1 is 1.07 bits per heavy atom. The van der Waals surface area contributed by atoms with Crippen LogP contribution in [0, 0.1) is 11.3 Å². The number of hydrogen-bond acceptors (Lipinski definition) is 1. The lowest BCUT2D eigenvalue weighted by molar-refractivity contribution is 0.128. The zero-order valence-corrected chi connectivity index (χ0v) is 8.96. The molecule has 0 amide bonds. The minimum atomic E-state index is -0.191. The predicted molar refractivity (Wildman–Crippen MR) is 74.2 cm³/mol. The molecule has 0 aliphatic heterocycles. The van der Waals surface area contributed by atoms with Crippen LogP contribution >= 0.6 is 0 Å². The van der Waals surface area contributed by atoms with Crippen LogP contribution < -0.4 is 0 Å². The molecule has 1 nitrogen and oxygen atoms in total. The van der Waals surface area contributed by atoms with Crippen molar-refractivity contribution in [2.45, 2.75) is 69.4 Å². The maximum atomic E-state index is 9.47. The van der Waals surface area contributed by atoms with E-state index in [0.29, 0.717) is 5.92 Å². The second kappa shape index (κ2) is 10.2. The molecule has 15 heavy (non-hydrogen) atoms. The molecular formula is C14H34O. The molecule has 0 spiro atoms. The van der Waals surface area contributed by atoms with Gasteiger partial charge in [-0.2, -0.15) is 0 Å². The standard InChI is InChI=1S/C11H22O.3CH4/c1-9(2)10(12)7-6-8-11(3,4)5;;;/h6,8-10,12H,7H2,1-5H3;3*1H4/t10-;;;/m0.../s1. The molecule has 96 valence electrons. The molecule has 0 aromatic carbocycles. The Balaban J connectivity index is -0.000000202. The third-order valence-corrected chi connectivity index (χ3v) is 1.76. The summed E-state index contributed by atoms with van der Waals surface area (Å²) in [6.07, 6.45) is 4.81. The molecule has 0 radical (unpaired) electrons. The fourth-order valence-corrected chi connectivity index (χ4v) is 0.833. The average Bonchev–Trinajstić information content (AvgIpc) is 1.84. The zero-order chi connectivity index (χ0) is 9.78. The maximum absolute atomic E-state index is 9.47. The summed E-state index contributed by atoms with van der Waals surface area (Å²) in [6, 6.07) is 0. The fraction of sp³-hybridized carbons (Fsp3) is 0.857. The zero-order valence-electron chi connectivity index (χ0n) is 8.96. The van der Waals surface area contributed by atoms with Crippen LogP contribution in [-0.2, 0) is 0 Å². The Bertz CT molecular complexity index is 140. The van der Waals surface area contributed by atoms with Crippen molar-refractivity contribution in [3.05, 3.63) is 12.2 Å². The van der Waals surface area contributed by atoms with Gasteiger partial charge in [-0.15, -0.1) is 0 Å². The molecule has 1 atom stereocenters. The van der Waals surface area contributed by atoms with Crippen LogP contribution in [0.1, 0.15) is 63.3 Å². The largest absolute Gasteiger partial charge is 0.393 e. The van der Waals surface area contributed by atoms with Gasteiger partial charge < -0.3 is 5.11 Å². The maximum Gasteiger partial charge on any atom is 0.0597 e. The van der Waals surface area contributed by atoms with E-state index in [-0.39, 0.29) is 33.8 Å². The number of aliphatic hydroxyl groups excluding tert-OH is 1. The molecule has 0 bridgehead atoms. The summed E-state index contributed by atoms with van der Waals surface area (Å²) in [5.74, 6) is 0.356. The molecule has 0 aromatic heterocycles. The van der Waals surface area contributed by atoms with Gasteiger partial charge in [0.15, 0.2) is 0 Å². The number of rotatable bonds is 3. The summed E-state index contributed by atoms with van der Waals surface area (Å²) < 4.78 is 0. The molecule has 0 saturated heterocycles. The van der Waals surface area contributed by atoms with Crippen molar-refractivity contribution in [2.24, 2.45) is 11.3 Å². The van der Waals surface area contributed by atoms with Crippen LogP contribution in [0.3, 0.4) is 0 Å². The molecule has 1 N–H and O–H groups in total. The van der Waals surface area contributed by atoms with Crippen molar-refractivity contribution < 1.29 is 5.11 Å². The monoisotopic (exact) mass is 218 g/mol. The van der Waals surface area contributed by atoms with Crippen LogP contribution in [0.25, 0.3) is 0 Å². The van der Waals surface area contributed by atoms with E-state index in [9.17, 15) is 5.11 Å². The molecule has 0 aliphatic rings. The van der Waals surface area contributed by atoms with Gasteiger partial charge in [0.25, 0.3) is 0 Å². The van der Waals surface area contributed by atoms with Gasteiger partial charge in [-0.25, -0.2) is 0 Å². The molecule has 0 saturated carbocycles. The van der Waals surface area contributed by atoms with Gasteiger partial charge in [-0.3, -0.25) is 0 Å². The van der Waals surface area contributed by atoms with Crippen molar-refractivity contribution >= 4 is 0 Å². The topological polar surface area (TPSA) is 20.2 Å². The Morgan fingerprint density at radius 3 is 1.73 bits per heavy atom. The Hall–Kier alpha value is -0.300. The van der Waals surface area contributed by atoms with Crippen LogP contribution in [0.2, 0.25) is 0 Å². The van der Waals surface area contributed by atoms with E-state index < -0.39 is 0 Å². The first kappa shape index (κ1) is 24.1. The lowest BCUT2D eigenvalue weighted by atomic mass is 9.94. The van der Waals surface area contributed by atoms with Crippen LogP contribution in [0.15, 0.2) is 12.2 Å². The van der Waals surface area contributed by atoms with Crippen LogP contribution in [0.4, 0.5) is 0 Å². The van der Waals surface area contributed by atoms with E-state index in [0.717, 1.165) is 6.42 Å². The summed E-state index contributed by atoms with van der Waals surface area (Å²) in [7, 11) is 0. The molecule has 0 fully saturated rings. The van der Waals surface area contributed by atoms with Gasteiger partial charge in [0.05, 0.1) is 6.10 Å². The third kappa shape index (κ3) is 16.4. The highest BCUT2D eigenvalue weighted by Gasteiger charge is 2.08. The highest BCUT2D eigenvalue weighted by Crippen LogP contribution is 2.16. The number of aliphatic hydroxyl groups is 1. The van der Waals surface area contributed by atoms with Crippen molar-refractivity contribution in [1.29, 1.82) is 0 Å². The van der Waals surface area contributed by atoms with E-state index in [1.165, 1.54) is 0 Å². The SMILES string of the molecule is C.C.C.CC(C)[C@@H](O)CC=CC(C)(C)C. The van der Waals surface area contributed by atoms with E-state index in [2.05, 4.69) is 32.9 Å². The van der Waals surface area contributed by atoms with Crippen LogP contribution in [-0.4, -0.2) is 11.2 Å². The first-order valence-electron chi connectivity index (χ1n) is 4.68. The summed E-state index contributed by atoms with van der Waals surface area (Å²) in [4.78, 5) is 0. The van der Waals surface area contributed by atoms with Crippen LogP contribution in [0.5, 0.6) is 0 Å². The van der Waals surface area contributed by atoms with Gasteiger partial charge in [-0.1, -0.05) is 69.1 Å². The predicted octanol–water partition coefficient (Wildman–Crippen LogP) is 4.90. The number of allylic oxidation sites excluding steroid dienone is 1. The summed E-state index contributed by atoms with van der Waals surface area (Å²) in [6.45, 7) is 10.5. The smallest absolute Gasteiger partial charge is 0.0597 e. The number of hydrogen-bond donors (Lipinski definition) is 1. The van der Waals surface area contributed by atoms with Gasteiger partial charge in [-0.05, 0) is 17.8 Å². The summed E-state index contributed by atoms with van der Waals surface area (Å²) in [5.41, 5.74) is 0.233. The molecule has 0 rings (SSSR count). The summed E-state index contributed by atoms with van der Waals surface area (Å²) >= 11 is 0. The average molecular weight is 218 g/mol. The lowest BCUT2D eigenvalue weighted by Gasteiger charge is -2.14. The fourth-order valence-electron chi connectivity index (χ4n) is 0.833. The van der Waals surface area contributed by atoms with E-state index in [1.54, 1.807) is 0 Å².